The van der Waals surface area contributed by atoms with Gasteiger partial charge >= 0.3 is 0 Å². The Morgan fingerprint density at radius 3 is 2.69 bits per heavy atom. The number of carbonyl (C=O) groups is 1. The molecule has 4 aromatic rings. The minimum Gasteiger partial charge on any atom is -0.382 e. The van der Waals surface area contributed by atoms with Crippen LogP contribution >= 0.6 is 0 Å². The molecule has 0 bridgehead atoms. The topological polar surface area (TPSA) is 118 Å². The molecule has 5 heterocycles. The van der Waals surface area contributed by atoms with E-state index in [0.29, 0.717) is 22.9 Å². The van der Waals surface area contributed by atoms with E-state index in [1.54, 1.807) is 28.0 Å². The SMILES string of the molecule is CC.CC(C)Nc1cc(-n2ncc3cc(C#N)cnc32)ncc1-c1cn(CC2CN(C=O)C2)cn1. The number of nitrogens with zero attached hydrogens (tertiary/aromatic N) is 8. The first-order chi connectivity index (χ1) is 17.0. The largest absolute Gasteiger partial charge is 0.382 e. The molecule has 1 aliphatic heterocycles. The smallest absolute Gasteiger partial charge is 0.209 e. The Morgan fingerprint density at radius 1 is 1.17 bits per heavy atom. The van der Waals surface area contributed by atoms with Crippen LogP contribution < -0.4 is 5.32 Å². The van der Waals surface area contributed by atoms with Gasteiger partial charge in [-0.2, -0.15) is 15.0 Å². The minimum absolute atomic E-state index is 0.205. The lowest BCUT2D eigenvalue weighted by Gasteiger charge is -2.36. The highest BCUT2D eigenvalue weighted by atomic mass is 16.1. The molecular weight excluding hydrogens is 442 g/mol. The number of carbonyl (C=O) groups excluding carboxylic acids is 1. The van der Waals surface area contributed by atoms with E-state index in [-0.39, 0.29) is 6.04 Å². The third kappa shape index (κ3) is 4.99. The molecule has 1 aliphatic rings. The fourth-order valence-electron chi connectivity index (χ4n) is 4.05. The predicted octanol–water partition coefficient (Wildman–Crippen LogP) is 3.49. The van der Waals surface area contributed by atoms with Crippen LogP contribution in [0.25, 0.3) is 28.1 Å². The second kappa shape index (κ2) is 10.3. The molecule has 4 aromatic heterocycles. The highest BCUT2D eigenvalue weighted by Crippen LogP contribution is 2.29. The van der Waals surface area contributed by atoms with Crippen molar-refractivity contribution in [1.29, 1.82) is 5.26 Å². The van der Waals surface area contributed by atoms with E-state index in [2.05, 4.69) is 49.9 Å². The first-order valence-electron chi connectivity index (χ1n) is 11.8. The van der Waals surface area contributed by atoms with Crippen LogP contribution in [-0.4, -0.2) is 59.7 Å². The van der Waals surface area contributed by atoms with E-state index in [0.717, 1.165) is 48.4 Å². The monoisotopic (exact) mass is 471 g/mol. The van der Waals surface area contributed by atoms with Crippen molar-refractivity contribution in [2.24, 2.45) is 5.92 Å². The molecule has 0 atom stereocenters. The molecule has 180 valence electrons. The van der Waals surface area contributed by atoms with Crippen LogP contribution in [0.4, 0.5) is 5.69 Å². The molecule has 0 aromatic carbocycles. The number of imidazole rings is 1. The van der Waals surface area contributed by atoms with E-state index in [4.69, 9.17) is 5.26 Å². The molecule has 0 aliphatic carbocycles. The van der Waals surface area contributed by atoms with Crippen molar-refractivity contribution in [3.8, 4) is 23.1 Å². The van der Waals surface area contributed by atoms with Crippen LogP contribution in [0.5, 0.6) is 0 Å². The summed E-state index contributed by atoms with van der Waals surface area (Å²) in [6.45, 7) is 10.5. The van der Waals surface area contributed by atoms with Crippen LogP contribution in [-0.2, 0) is 11.3 Å². The summed E-state index contributed by atoms with van der Waals surface area (Å²) in [5, 5.41) is 17.8. The van der Waals surface area contributed by atoms with Crippen molar-refractivity contribution >= 4 is 23.1 Å². The zero-order chi connectivity index (χ0) is 24.9. The van der Waals surface area contributed by atoms with Gasteiger partial charge < -0.3 is 14.8 Å². The van der Waals surface area contributed by atoms with Gasteiger partial charge in [0, 0.05) is 72.9 Å². The number of fused-ring (bicyclic) bond motifs is 1. The first-order valence-corrected chi connectivity index (χ1v) is 11.8. The number of rotatable bonds is 7. The maximum Gasteiger partial charge on any atom is 0.209 e. The molecule has 5 rings (SSSR count). The van der Waals surface area contributed by atoms with Crippen molar-refractivity contribution in [1.82, 2.24) is 34.2 Å². The fourth-order valence-corrected chi connectivity index (χ4v) is 4.05. The molecule has 1 saturated heterocycles. The second-order valence-electron chi connectivity index (χ2n) is 8.57. The Labute approximate surface area is 204 Å². The van der Waals surface area contributed by atoms with Crippen molar-refractivity contribution < 1.29 is 4.79 Å². The number of nitrogens with one attached hydrogen (secondary N) is 1. The second-order valence-corrected chi connectivity index (χ2v) is 8.57. The molecule has 1 fully saturated rings. The third-order valence-corrected chi connectivity index (χ3v) is 5.60. The summed E-state index contributed by atoms with van der Waals surface area (Å²) < 4.78 is 3.73. The lowest BCUT2D eigenvalue weighted by atomic mass is 10.0. The Balaban J connectivity index is 0.00000141. The third-order valence-electron chi connectivity index (χ3n) is 5.60. The minimum atomic E-state index is 0.205. The number of pyridine rings is 2. The molecular formula is C25H29N9O. The van der Waals surface area contributed by atoms with Crippen molar-refractivity contribution in [2.45, 2.75) is 40.3 Å². The van der Waals surface area contributed by atoms with Gasteiger partial charge in [0.1, 0.15) is 6.07 Å². The predicted molar refractivity (Wildman–Crippen MR) is 134 cm³/mol. The van der Waals surface area contributed by atoms with Gasteiger partial charge in [-0.1, -0.05) is 13.8 Å². The Morgan fingerprint density at radius 2 is 1.97 bits per heavy atom. The quantitative estimate of drug-likeness (QED) is 0.410. The molecule has 0 saturated carbocycles. The lowest BCUT2D eigenvalue weighted by molar-refractivity contribution is -0.124. The van der Waals surface area contributed by atoms with Crippen LogP contribution in [0.3, 0.4) is 0 Å². The normalized spacial score (nSPS) is 13.2. The summed E-state index contributed by atoms with van der Waals surface area (Å²) >= 11 is 0. The highest BCUT2D eigenvalue weighted by molar-refractivity contribution is 5.79. The zero-order valence-electron chi connectivity index (χ0n) is 20.4. The van der Waals surface area contributed by atoms with Gasteiger partial charge in [-0.3, -0.25) is 4.79 Å². The maximum absolute atomic E-state index is 10.8. The van der Waals surface area contributed by atoms with Crippen molar-refractivity contribution in [3.05, 3.63) is 48.8 Å². The van der Waals surface area contributed by atoms with Crippen LogP contribution in [0, 0.1) is 17.2 Å². The molecule has 1 N–H and O–H groups in total. The summed E-state index contributed by atoms with van der Waals surface area (Å²) in [6.07, 6.45) is 9.74. The highest BCUT2D eigenvalue weighted by Gasteiger charge is 2.25. The van der Waals surface area contributed by atoms with Gasteiger partial charge in [-0.05, 0) is 19.9 Å². The average Bonchev–Trinajstić information content (AvgIpc) is 3.48. The standard InChI is InChI=1S/C23H23N9O.C2H6/c1-15(2)29-20-4-22(32-23-18(7-28-32)3-16(5-24)6-26-23)25-8-19(20)21-12-30(13-27-21)9-17-10-31(11-17)14-33;1-2/h3-4,6-8,12-15,17H,9-11H2,1-2H3,(H,25,29);1-2H3. The Bertz CT molecular complexity index is 1360. The molecule has 0 radical (unpaired) electrons. The zero-order valence-corrected chi connectivity index (χ0v) is 20.4. The van der Waals surface area contributed by atoms with Crippen LogP contribution in [0.2, 0.25) is 0 Å². The van der Waals surface area contributed by atoms with Gasteiger partial charge in [0.25, 0.3) is 0 Å². The number of nitriles is 1. The molecule has 35 heavy (non-hydrogen) atoms. The number of anilines is 1. The first kappa shape index (κ1) is 23.9. The summed E-state index contributed by atoms with van der Waals surface area (Å²) in [5.74, 6) is 1.07. The molecule has 0 unspecified atom stereocenters. The summed E-state index contributed by atoms with van der Waals surface area (Å²) in [4.78, 5) is 26.2. The van der Waals surface area contributed by atoms with Crippen molar-refractivity contribution in [3.63, 3.8) is 0 Å². The molecule has 10 nitrogen and oxygen atoms in total. The van der Waals surface area contributed by atoms with Crippen LogP contribution in [0.15, 0.2) is 43.2 Å². The number of amides is 1. The van der Waals surface area contributed by atoms with E-state index < -0.39 is 0 Å². The lowest BCUT2D eigenvalue weighted by Crippen LogP contribution is -2.47. The van der Waals surface area contributed by atoms with Gasteiger partial charge in [-0.25, -0.2) is 15.0 Å². The molecule has 0 spiro atoms. The van der Waals surface area contributed by atoms with E-state index >= 15 is 0 Å². The van der Waals surface area contributed by atoms with Gasteiger partial charge in [-0.15, -0.1) is 0 Å². The van der Waals surface area contributed by atoms with Gasteiger partial charge in [0.2, 0.25) is 6.41 Å². The van der Waals surface area contributed by atoms with E-state index in [1.165, 1.54) is 6.20 Å². The number of hydrogen-bond acceptors (Lipinski definition) is 7. The fraction of sp³-hybridized carbons (Fsp3) is 0.360. The van der Waals surface area contributed by atoms with E-state index in [9.17, 15) is 4.79 Å². The van der Waals surface area contributed by atoms with Gasteiger partial charge in [0.05, 0.1) is 23.8 Å². The number of hydrogen-bond donors (Lipinski definition) is 1. The summed E-state index contributed by atoms with van der Waals surface area (Å²) in [7, 11) is 0. The maximum atomic E-state index is 10.8. The molecule has 10 heteroatoms. The Hall–Kier alpha value is -4.26. The summed E-state index contributed by atoms with van der Waals surface area (Å²) in [5.41, 5.74) is 3.74. The number of likely N-dealkylation sites (tertiary alicyclic amines) is 1. The Kier molecular flexibility index (Phi) is 7.06. The van der Waals surface area contributed by atoms with Crippen LogP contribution in [0.1, 0.15) is 33.3 Å². The van der Waals surface area contributed by atoms with Crippen molar-refractivity contribution in [2.75, 3.05) is 18.4 Å². The van der Waals surface area contributed by atoms with Gasteiger partial charge in [0.15, 0.2) is 11.5 Å². The number of aromatic nitrogens is 6. The van der Waals surface area contributed by atoms with E-state index in [1.807, 2.05) is 32.4 Å². The summed E-state index contributed by atoms with van der Waals surface area (Å²) in [6, 6.07) is 6.00. The molecule has 1 amide bonds. The average molecular weight is 472 g/mol.